The van der Waals surface area contributed by atoms with Gasteiger partial charge in [-0.05, 0) is 36.4 Å². The maximum absolute atomic E-state index is 14.4. The molecule has 8 heteroatoms. The number of rotatable bonds is 4. The van der Waals surface area contributed by atoms with Crippen LogP contribution < -0.4 is 5.31 Å². The van der Waals surface area contributed by atoms with Crippen molar-refractivity contribution in [2.24, 2.45) is 0 Å². The summed E-state index contributed by atoms with van der Waals surface area (Å²) in [5, 5.41) is 8.51. The van der Waals surface area contributed by atoms with Crippen LogP contribution in [0.3, 0.4) is 0 Å². The highest BCUT2D eigenvalue weighted by Crippen LogP contribution is 2.32. The van der Waals surface area contributed by atoms with Crippen LogP contribution in [0.15, 0.2) is 30.5 Å². The largest absolute Gasteiger partial charge is 0.367 e. The fraction of sp³-hybridized carbons (Fsp3) is 0.316. The van der Waals surface area contributed by atoms with E-state index < -0.39 is 96.9 Å². The normalized spacial score (nSPS) is 34.1. The van der Waals surface area contributed by atoms with Crippen molar-refractivity contribution < 1.29 is 26.4 Å². The Kier molecular flexibility index (Phi) is 2.09. The number of fused-ring (bicyclic) bond motifs is 1. The van der Waals surface area contributed by atoms with Gasteiger partial charge in [0.1, 0.15) is 30.2 Å². The predicted molar refractivity (Wildman–Crippen MR) is 105 cm³/mol. The molecule has 3 aromatic rings. The summed E-state index contributed by atoms with van der Waals surface area (Å²) in [5.41, 5.74) is -2.27. The maximum atomic E-state index is 14.4. The minimum atomic E-state index is -4.04. The van der Waals surface area contributed by atoms with Crippen LogP contribution in [0.5, 0.6) is 0 Å². The van der Waals surface area contributed by atoms with Gasteiger partial charge in [-0.1, -0.05) is 17.6 Å². The molecular weight excluding hydrogens is 385 g/mol. The monoisotopic (exact) mass is 417 g/mol. The average molecular weight is 418 g/mol. The van der Waals surface area contributed by atoms with Crippen molar-refractivity contribution in [2.45, 2.75) is 25.3 Å². The molecule has 0 radical (unpaired) electrons. The zero-order valence-electron chi connectivity index (χ0n) is 29.0. The number of nitrogens with zero attached hydrogens (tertiary/aromatic N) is 4. The number of likely N-dealkylation sites (tertiary alicyclic amines) is 1. The maximum Gasteiger partial charge on any atom is 0.162 e. The second-order valence-electron chi connectivity index (χ2n) is 4.85. The minimum absolute atomic E-state index is 0.191. The van der Waals surface area contributed by atoms with Crippen molar-refractivity contribution in [3.05, 3.63) is 51.8 Å². The fourth-order valence-corrected chi connectivity index (χ4v) is 2.95. The van der Waals surface area contributed by atoms with Crippen LogP contribution in [0, 0.1) is 17.1 Å². The van der Waals surface area contributed by atoms with E-state index >= 15 is 0 Å². The summed E-state index contributed by atoms with van der Waals surface area (Å²) >= 11 is 6.62. The SMILES string of the molecule is [2H]c1nc(N([2H])C2([2H])C([2H])([2H])C([2H])([2H])N(C([2H])c3c([2H])c([2H])c(F)c(C#N)c3[2H])C([2H])([2H])C2([2H])[2H])c2c([2H])c(Cl)sc2n1. The van der Waals surface area contributed by atoms with Crippen LogP contribution in [-0.2, 0) is 6.52 Å². The molecule has 2 aromatic heterocycles. The molecule has 1 aliphatic rings. The molecule has 1 N–H and O–H groups in total. The van der Waals surface area contributed by atoms with Gasteiger partial charge >= 0.3 is 0 Å². The molecule has 0 aliphatic carbocycles. The van der Waals surface area contributed by atoms with E-state index in [9.17, 15) is 9.65 Å². The zero-order chi connectivity index (χ0) is 33.0. The first-order valence-electron chi connectivity index (χ1n) is 15.1. The van der Waals surface area contributed by atoms with Gasteiger partial charge in [0.05, 0.1) is 22.1 Å². The number of hydrogen-bond acceptors (Lipinski definition) is 6. The van der Waals surface area contributed by atoms with E-state index in [1.807, 2.05) is 0 Å². The third-order valence-corrected chi connectivity index (χ3v) is 4.21. The lowest BCUT2D eigenvalue weighted by molar-refractivity contribution is 0.211. The van der Waals surface area contributed by atoms with Gasteiger partial charge in [-0.15, -0.1) is 11.3 Å². The van der Waals surface area contributed by atoms with Crippen LogP contribution in [-0.4, -0.2) is 33.9 Å². The van der Waals surface area contributed by atoms with Crippen LogP contribution >= 0.6 is 22.9 Å². The zero-order valence-corrected chi connectivity index (χ0v) is 14.6. The van der Waals surface area contributed by atoms with Crippen molar-refractivity contribution in [3.8, 4) is 6.07 Å². The van der Waals surface area contributed by atoms with Crippen molar-refractivity contribution >= 4 is 39.0 Å². The molecule has 1 saturated heterocycles. The van der Waals surface area contributed by atoms with E-state index in [1.165, 1.54) is 6.07 Å². The lowest BCUT2D eigenvalue weighted by Crippen LogP contribution is -2.38. The molecule has 1 aromatic carbocycles. The van der Waals surface area contributed by atoms with E-state index in [0.29, 0.717) is 11.3 Å². The second kappa shape index (κ2) is 7.77. The van der Waals surface area contributed by atoms with E-state index in [0.717, 1.165) is 0 Å². The van der Waals surface area contributed by atoms with Crippen LogP contribution in [0.2, 0.25) is 5.75 Å². The molecular formula is C19H17ClFN5S. The van der Waals surface area contributed by atoms with Crippen molar-refractivity contribution in [3.63, 3.8) is 0 Å². The second-order valence-corrected chi connectivity index (χ2v) is 6.45. The summed E-state index contributed by atoms with van der Waals surface area (Å²) in [4.78, 5) is 6.79. The molecule has 138 valence electrons. The Morgan fingerprint density at radius 3 is 3.11 bits per heavy atom. The van der Waals surface area contributed by atoms with Crippen molar-refractivity contribution in [1.82, 2.24) is 14.9 Å². The average Bonchev–Trinajstić information content (AvgIpc) is 3.17. The first-order chi connectivity index (χ1) is 19.5. The van der Waals surface area contributed by atoms with Gasteiger partial charge in [-0.2, -0.15) is 5.26 Å². The molecule has 4 rings (SSSR count). The van der Waals surface area contributed by atoms with E-state index in [-0.39, 0.29) is 19.4 Å². The molecule has 1 atom stereocenters. The number of benzene rings is 1. The quantitative estimate of drug-likeness (QED) is 0.680. The lowest BCUT2D eigenvalue weighted by atomic mass is 10.0. The van der Waals surface area contributed by atoms with Crippen LogP contribution in [0.4, 0.5) is 10.2 Å². The number of hydrogen-bond donors (Lipinski definition) is 1. The third kappa shape index (κ3) is 4.03. The summed E-state index contributed by atoms with van der Waals surface area (Å²) < 4.78 is 150. The summed E-state index contributed by atoms with van der Waals surface area (Å²) in [5.74, 6) is -2.56. The molecule has 27 heavy (non-hydrogen) atoms. The van der Waals surface area contributed by atoms with Gasteiger partial charge in [0.2, 0.25) is 0 Å². The van der Waals surface area contributed by atoms with Crippen molar-refractivity contribution in [2.75, 3.05) is 18.3 Å². The first kappa shape index (κ1) is 7.28. The molecule has 1 fully saturated rings. The molecule has 3 heterocycles. The van der Waals surface area contributed by atoms with Gasteiger partial charge in [0.25, 0.3) is 0 Å². The smallest absolute Gasteiger partial charge is 0.162 e. The van der Waals surface area contributed by atoms with Crippen LogP contribution in [0.25, 0.3) is 10.2 Å². The highest BCUT2D eigenvalue weighted by atomic mass is 35.5. The standard InChI is InChI=1S/C19H17ClFN5S/c20-17-8-15-18(23-11-24-19(15)27-17)25-14-3-5-26(6-4-14)10-12-1-2-16(21)13(7-12)9-22/h1-2,7-8,11,14H,3-6,10H2,(H,23,24,25)/i1D,2D,3D2,4D2,5D2,6D2,7D,8D,10D,11D,14D/hD. The molecule has 0 spiro atoms. The molecule has 0 saturated carbocycles. The Balaban J connectivity index is 2.02. The van der Waals surface area contributed by atoms with E-state index in [4.69, 9.17) is 33.6 Å². The van der Waals surface area contributed by atoms with Gasteiger partial charge in [-0.3, -0.25) is 4.90 Å². The number of aromatic nitrogens is 2. The van der Waals surface area contributed by atoms with Gasteiger partial charge < -0.3 is 5.31 Å². The Bertz CT molecular complexity index is 1680. The third-order valence-electron chi connectivity index (χ3n) is 3.12. The van der Waals surface area contributed by atoms with E-state index in [1.54, 1.807) is 0 Å². The number of anilines is 1. The Hall–Kier alpha value is -2.27. The summed E-state index contributed by atoms with van der Waals surface area (Å²) in [6.45, 7) is -10.7. The Morgan fingerprint density at radius 2 is 2.33 bits per heavy atom. The number of thiophene rings is 1. The Labute approximate surface area is 188 Å². The van der Waals surface area contributed by atoms with Crippen molar-refractivity contribution in [1.29, 1.82) is 5.26 Å². The fourth-order valence-electron chi connectivity index (χ4n) is 1.99. The molecule has 5 nitrogen and oxygen atoms in total. The van der Waals surface area contributed by atoms with Crippen LogP contribution in [0.1, 0.15) is 44.4 Å². The van der Waals surface area contributed by atoms with E-state index in [2.05, 4.69) is 9.97 Å². The lowest BCUT2D eigenvalue weighted by Gasteiger charge is -2.32. The topological polar surface area (TPSA) is 64.8 Å². The number of nitrogens with one attached hydrogen (secondary N) is 1. The number of nitriles is 1. The van der Waals surface area contributed by atoms with Gasteiger partial charge in [0.15, 0.2) is 1.41 Å². The molecule has 0 bridgehead atoms. The minimum Gasteiger partial charge on any atom is -0.367 e. The Morgan fingerprint density at radius 1 is 1.52 bits per heavy atom. The van der Waals surface area contributed by atoms with Gasteiger partial charge in [0, 0.05) is 37.9 Å². The highest BCUT2D eigenvalue weighted by Gasteiger charge is 2.21. The highest BCUT2D eigenvalue weighted by molar-refractivity contribution is 7.22. The summed E-state index contributed by atoms with van der Waals surface area (Å²) in [7, 11) is 0. The molecule has 1 unspecified atom stereocenters. The predicted octanol–water partition coefficient (Wildman–Crippen LogP) is 4.43. The molecule has 1 aliphatic heterocycles. The first-order valence-corrected chi connectivity index (χ1v) is 8.29. The summed E-state index contributed by atoms with van der Waals surface area (Å²) in [6.07, 6.45) is -8.91. The van der Waals surface area contributed by atoms with Gasteiger partial charge in [-0.25, -0.2) is 14.4 Å². The number of halogens is 2. The number of piperidine rings is 1. The summed E-state index contributed by atoms with van der Waals surface area (Å²) in [6, 6.07) is -7.03. The molecule has 0 amide bonds.